The van der Waals surface area contributed by atoms with E-state index >= 15 is 0 Å². The summed E-state index contributed by atoms with van der Waals surface area (Å²) in [5.74, 6) is -0.893. The predicted molar refractivity (Wildman–Crippen MR) is 48.7 cm³/mol. The van der Waals surface area contributed by atoms with Crippen LogP contribution in [0.4, 0.5) is 0 Å². The van der Waals surface area contributed by atoms with E-state index in [1.807, 2.05) is 19.1 Å². The predicted octanol–water partition coefficient (Wildman–Crippen LogP) is 1.31. The van der Waals surface area contributed by atoms with Crippen molar-refractivity contribution in [2.24, 2.45) is 0 Å². The molecule has 0 rings (SSSR count). The molecular weight excluding hydrogens is 154 g/mol. The molecule has 0 amide bonds. The molecular formula is C9H13NO2. The van der Waals surface area contributed by atoms with Crippen LogP contribution in [0.15, 0.2) is 36.6 Å². The van der Waals surface area contributed by atoms with Gasteiger partial charge < -0.3 is 10.4 Å². The van der Waals surface area contributed by atoms with Gasteiger partial charge in [-0.2, -0.15) is 0 Å². The summed E-state index contributed by atoms with van der Waals surface area (Å²) in [4.78, 5) is 10.1. The van der Waals surface area contributed by atoms with Crippen LogP contribution in [0.5, 0.6) is 0 Å². The molecule has 0 heterocycles. The smallest absolute Gasteiger partial charge is 0.322 e. The number of nitrogens with one attached hydrogen (secondary N) is 1. The van der Waals surface area contributed by atoms with Crippen molar-refractivity contribution in [3.05, 3.63) is 36.6 Å². The normalized spacial score (nSPS) is 10.8. The molecule has 0 aliphatic heterocycles. The van der Waals surface area contributed by atoms with Crippen LogP contribution in [-0.4, -0.2) is 17.6 Å². The largest absolute Gasteiger partial charge is 0.480 e. The third kappa shape index (κ3) is 6.61. The third-order valence-corrected chi connectivity index (χ3v) is 1.07. The van der Waals surface area contributed by atoms with Gasteiger partial charge >= 0.3 is 5.97 Å². The minimum Gasteiger partial charge on any atom is -0.480 e. The Hall–Kier alpha value is -1.51. The molecule has 0 bridgehead atoms. The van der Waals surface area contributed by atoms with Crippen molar-refractivity contribution in [1.82, 2.24) is 5.32 Å². The maximum atomic E-state index is 10.1. The van der Waals surface area contributed by atoms with Crippen LogP contribution in [0.1, 0.15) is 6.92 Å². The van der Waals surface area contributed by atoms with E-state index in [2.05, 4.69) is 11.9 Å². The van der Waals surface area contributed by atoms with Crippen molar-refractivity contribution in [3.63, 3.8) is 0 Å². The highest BCUT2D eigenvalue weighted by Gasteiger charge is 1.93. The van der Waals surface area contributed by atoms with Crippen molar-refractivity contribution >= 4 is 5.97 Å². The van der Waals surface area contributed by atoms with Gasteiger partial charge in [-0.05, 0) is 13.0 Å². The first kappa shape index (κ1) is 10.5. The van der Waals surface area contributed by atoms with Crippen LogP contribution in [-0.2, 0) is 4.79 Å². The molecule has 0 saturated heterocycles. The Morgan fingerprint density at radius 2 is 2.25 bits per heavy atom. The van der Waals surface area contributed by atoms with Crippen LogP contribution >= 0.6 is 0 Å². The maximum Gasteiger partial charge on any atom is 0.322 e. The van der Waals surface area contributed by atoms with Crippen molar-refractivity contribution in [2.45, 2.75) is 6.92 Å². The number of allylic oxidation sites excluding steroid dienone is 4. The minimum absolute atomic E-state index is 0.0982. The van der Waals surface area contributed by atoms with E-state index in [0.717, 1.165) is 0 Å². The summed E-state index contributed by atoms with van der Waals surface area (Å²) in [5, 5.41) is 10.9. The van der Waals surface area contributed by atoms with Crippen molar-refractivity contribution in [3.8, 4) is 0 Å². The second kappa shape index (κ2) is 6.22. The number of carbonyl (C=O) groups is 1. The number of carboxylic acids is 1. The fourth-order valence-electron chi connectivity index (χ4n) is 0.531. The first-order chi connectivity index (χ1) is 5.66. The molecule has 0 aromatic heterocycles. The molecule has 0 aromatic rings. The second-order valence-electron chi connectivity index (χ2n) is 2.16. The van der Waals surface area contributed by atoms with E-state index in [4.69, 9.17) is 5.11 Å². The molecule has 0 aliphatic carbocycles. The highest BCUT2D eigenvalue weighted by atomic mass is 16.4. The molecule has 0 aliphatic rings. The maximum absolute atomic E-state index is 10.1. The van der Waals surface area contributed by atoms with Gasteiger partial charge in [-0.3, -0.25) is 4.79 Å². The van der Waals surface area contributed by atoms with Gasteiger partial charge in [0, 0.05) is 5.70 Å². The number of carboxylic acid groups (broad SMARTS) is 1. The zero-order chi connectivity index (χ0) is 9.40. The van der Waals surface area contributed by atoms with E-state index in [0.29, 0.717) is 5.70 Å². The van der Waals surface area contributed by atoms with Crippen LogP contribution in [0, 0.1) is 0 Å². The molecule has 66 valence electrons. The minimum atomic E-state index is -0.893. The van der Waals surface area contributed by atoms with Gasteiger partial charge in [-0.1, -0.05) is 24.8 Å². The van der Waals surface area contributed by atoms with Crippen LogP contribution in [0.3, 0.4) is 0 Å². The molecule has 0 aromatic carbocycles. The lowest BCUT2D eigenvalue weighted by molar-refractivity contribution is -0.135. The molecule has 0 unspecified atom stereocenters. The summed E-state index contributed by atoms with van der Waals surface area (Å²) in [6, 6.07) is 0. The Kier molecular flexibility index (Phi) is 5.43. The summed E-state index contributed by atoms with van der Waals surface area (Å²) in [5.41, 5.74) is 0.593. The van der Waals surface area contributed by atoms with E-state index < -0.39 is 5.97 Å². The zero-order valence-electron chi connectivity index (χ0n) is 7.08. The summed E-state index contributed by atoms with van der Waals surface area (Å²) in [7, 11) is 0. The van der Waals surface area contributed by atoms with Gasteiger partial charge in [0.25, 0.3) is 0 Å². The quantitative estimate of drug-likeness (QED) is 0.607. The summed E-state index contributed by atoms with van der Waals surface area (Å²) < 4.78 is 0. The monoisotopic (exact) mass is 167 g/mol. The lowest BCUT2D eigenvalue weighted by atomic mass is 10.4. The molecule has 0 radical (unpaired) electrons. The zero-order valence-corrected chi connectivity index (χ0v) is 7.08. The highest BCUT2D eigenvalue weighted by Crippen LogP contribution is 1.87. The number of aliphatic carboxylic acids is 1. The summed E-state index contributed by atoms with van der Waals surface area (Å²) in [6.45, 7) is 5.41. The second-order valence-corrected chi connectivity index (χ2v) is 2.16. The van der Waals surface area contributed by atoms with E-state index in [1.54, 1.807) is 12.2 Å². The van der Waals surface area contributed by atoms with Crippen LogP contribution < -0.4 is 5.32 Å². The SMILES string of the molecule is C=C(/C=C\C=C/C)NCC(=O)O. The standard InChI is InChI=1S/C9H13NO2/c1-3-4-5-6-8(2)10-7-9(11)12/h3-6,10H,2,7H2,1H3,(H,11,12)/b4-3-,6-5-. The Labute approximate surface area is 72.1 Å². The van der Waals surface area contributed by atoms with Crippen LogP contribution in [0.2, 0.25) is 0 Å². The van der Waals surface area contributed by atoms with Crippen molar-refractivity contribution < 1.29 is 9.90 Å². The molecule has 3 nitrogen and oxygen atoms in total. The Morgan fingerprint density at radius 1 is 1.58 bits per heavy atom. The summed E-state index contributed by atoms with van der Waals surface area (Å²) in [6.07, 6.45) is 7.22. The van der Waals surface area contributed by atoms with Crippen molar-refractivity contribution in [1.29, 1.82) is 0 Å². The number of hydrogen-bond donors (Lipinski definition) is 2. The Bertz CT molecular complexity index is 217. The van der Waals surface area contributed by atoms with Gasteiger partial charge in [-0.15, -0.1) is 0 Å². The van der Waals surface area contributed by atoms with Gasteiger partial charge in [-0.25, -0.2) is 0 Å². The fraction of sp³-hybridized carbons (Fsp3) is 0.222. The highest BCUT2D eigenvalue weighted by molar-refractivity contribution is 5.69. The molecule has 0 spiro atoms. The van der Waals surface area contributed by atoms with E-state index in [9.17, 15) is 4.79 Å². The first-order valence-electron chi connectivity index (χ1n) is 3.60. The van der Waals surface area contributed by atoms with Crippen molar-refractivity contribution in [2.75, 3.05) is 6.54 Å². The van der Waals surface area contributed by atoms with Gasteiger partial charge in [0.1, 0.15) is 6.54 Å². The van der Waals surface area contributed by atoms with Gasteiger partial charge in [0.15, 0.2) is 0 Å². The Morgan fingerprint density at radius 3 is 2.75 bits per heavy atom. The number of hydrogen-bond acceptors (Lipinski definition) is 2. The Balaban J connectivity index is 3.67. The van der Waals surface area contributed by atoms with Gasteiger partial charge in [0.2, 0.25) is 0 Å². The lowest BCUT2D eigenvalue weighted by Gasteiger charge is -1.99. The average Bonchev–Trinajstić information content (AvgIpc) is 2.01. The molecule has 0 saturated carbocycles. The summed E-state index contributed by atoms with van der Waals surface area (Å²) >= 11 is 0. The molecule has 0 fully saturated rings. The first-order valence-corrected chi connectivity index (χ1v) is 3.60. The molecule has 3 heteroatoms. The van der Waals surface area contributed by atoms with E-state index in [-0.39, 0.29) is 6.54 Å². The van der Waals surface area contributed by atoms with Gasteiger partial charge in [0.05, 0.1) is 0 Å². The third-order valence-electron chi connectivity index (χ3n) is 1.07. The van der Waals surface area contributed by atoms with Crippen LogP contribution in [0.25, 0.3) is 0 Å². The lowest BCUT2D eigenvalue weighted by Crippen LogP contribution is -2.20. The molecule has 12 heavy (non-hydrogen) atoms. The average molecular weight is 167 g/mol. The fourth-order valence-corrected chi connectivity index (χ4v) is 0.531. The molecule has 2 N–H and O–H groups in total. The topological polar surface area (TPSA) is 49.3 Å². The number of rotatable bonds is 5. The van der Waals surface area contributed by atoms with E-state index in [1.165, 1.54) is 0 Å². The molecule has 0 atom stereocenters.